The van der Waals surface area contributed by atoms with Crippen molar-refractivity contribution in [2.24, 2.45) is 13.0 Å². The highest BCUT2D eigenvalue weighted by molar-refractivity contribution is 5.84. The van der Waals surface area contributed by atoms with Crippen LogP contribution < -0.4 is 4.90 Å². The third-order valence-electron chi connectivity index (χ3n) is 3.89. The van der Waals surface area contributed by atoms with E-state index in [4.69, 9.17) is 5.11 Å². The summed E-state index contributed by atoms with van der Waals surface area (Å²) in [6.45, 7) is 1.83. The molecule has 0 amide bonds. The maximum absolute atomic E-state index is 10.8. The molecule has 1 saturated heterocycles. The lowest BCUT2D eigenvalue weighted by Crippen LogP contribution is -2.22. The highest BCUT2D eigenvalue weighted by atomic mass is 16.4. The number of aromatic carboxylic acids is 1. The molecule has 1 aliphatic rings. The lowest BCUT2D eigenvalue weighted by molar-refractivity contribution is 0.0690. The van der Waals surface area contributed by atoms with Crippen LogP contribution >= 0.6 is 0 Å². The Bertz CT molecular complexity index is 637. The Morgan fingerprint density at radius 2 is 2.29 bits per heavy atom. The van der Waals surface area contributed by atoms with Crippen molar-refractivity contribution in [3.05, 3.63) is 36.0 Å². The smallest absolute Gasteiger partial charge is 0.356 e. The summed E-state index contributed by atoms with van der Waals surface area (Å²) in [6, 6.07) is 2.05. The minimum atomic E-state index is -1.05. The van der Waals surface area contributed by atoms with Gasteiger partial charge in [-0.1, -0.05) is 0 Å². The molecule has 0 aromatic carbocycles. The molecule has 1 aliphatic heterocycles. The summed E-state index contributed by atoms with van der Waals surface area (Å²) in [4.78, 5) is 21.0. The minimum absolute atomic E-state index is 0.0237. The van der Waals surface area contributed by atoms with Crippen molar-refractivity contribution in [2.75, 3.05) is 18.0 Å². The second kappa shape index (κ2) is 5.51. The molecule has 110 valence electrons. The molecule has 0 bridgehead atoms. The largest absolute Gasteiger partial charge is 0.476 e. The van der Waals surface area contributed by atoms with E-state index in [-0.39, 0.29) is 5.69 Å². The topological polar surface area (TPSA) is 84.1 Å². The highest BCUT2D eigenvalue weighted by Crippen LogP contribution is 2.24. The molecule has 7 heteroatoms. The third-order valence-corrected chi connectivity index (χ3v) is 3.89. The number of aromatic nitrogens is 4. The molecule has 21 heavy (non-hydrogen) atoms. The van der Waals surface area contributed by atoms with Gasteiger partial charge in [-0.15, -0.1) is 0 Å². The van der Waals surface area contributed by atoms with Gasteiger partial charge in [0.25, 0.3) is 0 Å². The Balaban J connectivity index is 1.64. The number of hydrogen-bond donors (Lipinski definition) is 1. The van der Waals surface area contributed by atoms with Gasteiger partial charge in [0.05, 0.1) is 12.4 Å². The quantitative estimate of drug-likeness (QED) is 0.902. The summed E-state index contributed by atoms with van der Waals surface area (Å²) in [6.07, 6.45) is 6.75. The zero-order valence-corrected chi connectivity index (χ0v) is 11.8. The molecule has 0 radical (unpaired) electrons. The molecule has 0 saturated carbocycles. The zero-order valence-electron chi connectivity index (χ0n) is 11.8. The molecule has 1 N–H and O–H groups in total. The Morgan fingerprint density at radius 1 is 1.43 bits per heavy atom. The lowest BCUT2D eigenvalue weighted by atomic mass is 10.0. The molecule has 3 rings (SSSR count). The SMILES string of the molecule is Cn1nccc1CC1CCN(c2cnc(C(=O)O)cn2)C1. The van der Waals surface area contributed by atoms with Crippen LogP contribution in [0.25, 0.3) is 0 Å². The van der Waals surface area contributed by atoms with Crippen LogP contribution in [0.5, 0.6) is 0 Å². The van der Waals surface area contributed by atoms with Gasteiger partial charge in [-0.25, -0.2) is 14.8 Å². The van der Waals surface area contributed by atoms with Crippen molar-refractivity contribution in [1.82, 2.24) is 19.7 Å². The first kappa shape index (κ1) is 13.5. The van der Waals surface area contributed by atoms with Crippen LogP contribution in [0.15, 0.2) is 24.7 Å². The molecular formula is C14H17N5O2. The zero-order chi connectivity index (χ0) is 14.8. The maximum atomic E-state index is 10.8. The van der Waals surface area contributed by atoms with E-state index < -0.39 is 5.97 Å². The van der Waals surface area contributed by atoms with Crippen molar-refractivity contribution in [3.8, 4) is 0 Å². The van der Waals surface area contributed by atoms with Crippen LogP contribution in [-0.2, 0) is 13.5 Å². The van der Waals surface area contributed by atoms with E-state index >= 15 is 0 Å². The second-order valence-corrected chi connectivity index (χ2v) is 5.32. The normalized spacial score (nSPS) is 18.1. The number of rotatable bonds is 4. The molecule has 1 unspecified atom stereocenters. The summed E-state index contributed by atoms with van der Waals surface area (Å²) in [5.41, 5.74) is 1.21. The van der Waals surface area contributed by atoms with Gasteiger partial charge in [0.2, 0.25) is 0 Å². The first-order valence-electron chi connectivity index (χ1n) is 6.90. The predicted octanol–water partition coefficient (Wildman–Crippen LogP) is 0.977. The average molecular weight is 287 g/mol. The summed E-state index contributed by atoms with van der Waals surface area (Å²) in [7, 11) is 1.96. The number of aryl methyl sites for hydroxylation is 1. The van der Waals surface area contributed by atoms with Crippen LogP contribution in [0.4, 0.5) is 5.82 Å². The van der Waals surface area contributed by atoms with Gasteiger partial charge in [0.1, 0.15) is 5.82 Å². The van der Waals surface area contributed by atoms with Crippen LogP contribution in [0, 0.1) is 5.92 Å². The second-order valence-electron chi connectivity index (χ2n) is 5.32. The summed E-state index contributed by atoms with van der Waals surface area (Å²) >= 11 is 0. The number of anilines is 1. The first-order chi connectivity index (χ1) is 10.1. The van der Waals surface area contributed by atoms with Crippen molar-refractivity contribution in [3.63, 3.8) is 0 Å². The van der Waals surface area contributed by atoms with Crippen molar-refractivity contribution in [1.29, 1.82) is 0 Å². The van der Waals surface area contributed by atoms with Gasteiger partial charge in [-0.3, -0.25) is 4.68 Å². The fourth-order valence-electron chi connectivity index (χ4n) is 2.70. The van der Waals surface area contributed by atoms with Crippen LogP contribution in [-0.4, -0.2) is 43.9 Å². The Labute approximate surface area is 122 Å². The average Bonchev–Trinajstić information content (AvgIpc) is 3.10. The number of carbonyl (C=O) groups is 1. The van der Waals surface area contributed by atoms with E-state index in [2.05, 4.69) is 20.0 Å². The third kappa shape index (κ3) is 2.86. The maximum Gasteiger partial charge on any atom is 0.356 e. The van der Waals surface area contributed by atoms with E-state index in [1.54, 1.807) is 0 Å². The van der Waals surface area contributed by atoms with E-state index in [1.807, 2.05) is 24.0 Å². The number of carboxylic acid groups (broad SMARTS) is 1. The van der Waals surface area contributed by atoms with Crippen molar-refractivity contribution in [2.45, 2.75) is 12.8 Å². The van der Waals surface area contributed by atoms with Crippen LogP contribution in [0.2, 0.25) is 0 Å². The molecule has 2 aromatic rings. The molecular weight excluding hydrogens is 270 g/mol. The van der Waals surface area contributed by atoms with E-state index in [0.29, 0.717) is 5.92 Å². The van der Waals surface area contributed by atoms with E-state index in [9.17, 15) is 4.79 Å². The first-order valence-corrected chi connectivity index (χ1v) is 6.90. The van der Waals surface area contributed by atoms with Gasteiger partial charge < -0.3 is 10.0 Å². The van der Waals surface area contributed by atoms with Crippen LogP contribution in [0.1, 0.15) is 22.6 Å². The van der Waals surface area contributed by atoms with E-state index in [0.717, 1.165) is 31.7 Å². The van der Waals surface area contributed by atoms with Gasteiger partial charge in [-0.2, -0.15) is 5.10 Å². The van der Waals surface area contributed by atoms with Crippen LogP contribution in [0.3, 0.4) is 0 Å². The molecule has 1 atom stereocenters. The number of carboxylic acids is 1. The lowest BCUT2D eigenvalue weighted by Gasteiger charge is -2.17. The van der Waals surface area contributed by atoms with Gasteiger partial charge in [0.15, 0.2) is 5.69 Å². The number of hydrogen-bond acceptors (Lipinski definition) is 5. The highest BCUT2D eigenvalue weighted by Gasteiger charge is 2.24. The molecule has 7 nitrogen and oxygen atoms in total. The Kier molecular flexibility index (Phi) is 3.55. The Hall–Kier alpha value is -2.44. The minimum Gasteiger partial charge on any atom is -0.476 e. The van der Waals surface area contributed by atoms with E-state index in [1.165, 1.54) is 18.1 Å². The van der Waals surface area contributed by atoms with Gasteiger partial charge in [0, 0.05) is 32.0 Å². The molecule has 2 aromatic heterocycles. The van der Waals surface area contributed by atoms with Crippen molar-refractivity contribution < 1.29 is 9.90 Å². The summed E-state index contributed by atoms with van der Waals surface area (Å²) in [5, 5.41) is 13.0. The number of nitrogens with zero attached hydrogens (tertiary/aromatic N) is 5. The molecule has 1 fully saturated rings. The molecule has 0 aliphatic carbocycles. The fraction of sp³-hybridized carbons (Fsp3) is 0.429. The summed E-state index contributed by atoms with van der Waals surface area (Å²) in [5.74, 6) is 0.249. The predicted molar refractivity (Wildman–Crippen MR) is 76.2 cm³/mol. The molecule has 3 heterocycles. The van der Waals surface area contributed by atoms with Gasteiger partial charge >= 0.3 is 5.97 Å². The monoisotopic (exact) mass is 287 g/mol. The Morgan fingerprint density at radius 3 is 2.90 bits per heavy atom. The summed E-state index contributed by atoms with van der Waals surface area (Å²) < 4.78 is 1.91. The van der Waals surface area contributed by atoms with Crippen molar-refractivity contribution >= 4 is 11.8 Å². The van der Waals surface area contributed by atoms with Gasteiger partial charge in [-0.05, 0) is 24.8 Å². The fourth-order valence-corrected chi connectivity index (χ4v) is 2.70. The standard InChI is InChI=1S/C14H17N5O2/c1-18-11(2-4-17-18)6-10-3-5-19(9-10)13-8-15-12(7-16-13)14(20)21/h2,4,7-8,10H,3,5-6,9H2,1H3,(H,20,21). The molecule has 0 spiro atoms.